The Kier molecular flexibility index (Phi) is 5.36. The number of nitrogens with zero attached hydrogens (tertiary/aromatic N) is 2. The van der Waals surface area contributed by atoms with Gasteiger partial charge in [-0.1, -0.05) is 63.4 Å². The fourth-order valence-electron chi connectivity index (χ4n) is 5.55. The first-order valence-electron chi connectivity index (χ1n) is 11.0. The van der Waals surface area contributed by atoms with E-state index in [0.717, 1.165) is 15.6 Å². The van der Waals surface area contributed by atoms with E-state index >= 15 is 0 Å². The molecule has 2 fully saturated rings. The van der Waals surface area contributed by atoms with Crippen LogP contribution in [0.5, 0.6) is 0 Å². The molecule has 0 aliphatic carbocycles. The summed E-state index contributed by atoms with van der Waals surface area (Å²) in [5.74, 6) is -2.57. The third-order valence-corrected chi connectivity index (χ3v) is 8.09. The van der Waals surface area contributed by atoms with Crippen molar-refractivity contribution in [3.8, 4) is 0 Å². The monoisotopic (exact) mass is 566 g/mol. The third kappa shape index (κ3) is 3.39. The summed E-state index contributed by atoms with van der Waals surface area (Å²) in [6, 6.07) is 18.1. The van der Waals surface area contributed by atoms with E-state index in [2.05, 4.69) is 15.9 Å². The van der Waals surface area contributed by atoms with Gasteiger partial charge in [-0.25, -0.2) is 4.90 Å². The van der Waals surface area contributed by atoms with Crippen LogP contribution in [0.1, 0.15) is 27.5 Å². The van der Waals surface area contributed by atoms with Crippen LogP contribution in [-0.4, -0.2) is 28.5 Å². The van der Waals surface area contributed by atoms with Gasteiger partial charge in [0.05, 0.1) is 28.6 Å². The standard InChI is InChI=1S/C27H17BrCl2N2O3/c28-15-5-8-17(9-6-15)32-26(34)21-22(27(32)35)24(25(33)19-10-7-16(29)13-20(19)30)31-12-11-14-3-1-2-4-18(14)23(21)31/h1-13,21-24H/t21-,22-,23-,24+/m0/s1. The molecule has 8 heteroatoms. The van der Waals surface area contributed by atoms with Gasteiger partial charge in [-0.2, -0.15) is 0 Å². The quantitative estimate of drug-likeness (QED) is 0.281. The van der Waals surface area contributed by atoms with Crippen molar-refractivity contribution >= 4 is 68.5 Å². The summed E-state index contributed by atoms with van der Waals surface area (Å²) in [7, 11) is 0. The molecule has 0 saturated carbocycles. The number of anilines is 1. The molecular weight excluding hydrogens is 551 g/mol. The third-order valence-electron chi connectivity index (χ3n) is 7.01. The fraction of sp³-hybridized carbons (Fsp3) is 0.148. The van der Waals surface area contributed by atoms with Gasteiger partial charge in [-0.15, -0.1) is 0 Å². The van der Waals surface area contributed by atoms with E-state index in [4.69, 9.17) is 23.2 Å². The van der Waals surface area contributed by atoms with E-state index in [1.807, 2.05) is 41.4 Å². The van der Waals surface area contributed by atoms with Crippen molar-refractivity contribution in [1.82, 2.24) is 4.90 Å². The normalized spacial score (nSPS) is 24.4. The van der Waals surface area contributed by atoms with E-state index in [0.29, 0.717) is 10.7 Å². The lowest BCUT2D eigenvalue weighted by Gasteiger charge is -2.35. The topological polar surface area (TPSA) is 57.7 Å². The number of benzene rings is 3. The summed E-state index contributed by atoms with van der Waals surface area (Å²) in [6.07, 6.45) is 3.74. The molecule has 174 valence electrons. The minimum atomic E-state index is -0.884. The molecule has 2 saturated heterocycles. The number of rotatable bonds is 3. The van der Waals surface area contributed by atoms with Crippen LogP contribution in [0.2, 0.25) is 10.0 Å². The molecule has 3 aliphatic heterocycles. The van der Waals surface area contributed by atoms with Crippen LogP contribution in [0.15, 0.2) is 77.4 Å². The maximum Gasteiger partial charge on any atom is 0.240 e. The second-order valence-electron chi connectivity index (χ2n) is 8.81. The average molecular weight is 568 g/mol. The second-order valence-corrected chi connectivity index (χ2v) is 10.6. The number of carbonyl (C=O) groups excluding carboxylic acids is 3. The lowest BCUT2D eigenvalue weighted by molar-refractivity contribution is -0.123. The van der Waals surface area contributed by atoms with Crippen LogP contribution < -0.4 is 4.90 Å². The Hall–Kier alpha value is -2.93. The highest BCUT2D eigenvalue weighted by Gasteiger charge is 2.64. The van der Waals surface area contributed by atoms with Gasteiger partial charge in [-0.3, -0.25) is 14.4 Å². The predicted molar refractivity (Wildman–Crippen MR) is 138 cm³/mol. The van der Waals surface area contributed by atoms with Gasteiger partial charge in [0.15, 0.2) is 5.78 Å². The predicted octanol–water partition coefficient (Wildman–Crippen LogP) is 6.15. The van der Waals surface area contributed by atoms with Crippen molar-refractivity contribution in [1.29, 1.82) is 0 Å². The minimum Gasteiger partial charge on any atom is -0.358 e. The molecule has 0 bridgehead atoms. The molecule has 35 heavy (non-hydrogen) atoms. The highest BCUT2D eigenvalue weighted by Crippen LogP contribution is 2.54. The van der Waals surface area contributed by atoms with Crippen molar-refractivity contribution in [2.24, 2.45) is 11.8 Å². The zero-order valence-corrected chi connectivity index (χ0v) is 21.2. The highest BCUT2D eigenvalue weighted by atomic mass is 79.9. The van der Waals surface area contributed by atoms with Crippen LogP contribution in [0.4, 0.5) is 5.69 Å². The number of Topliss-reactive ketones (excluding diaryl/α,β-unsaturated/α-hetero) is 1. The van der Waals surface area contributed by atoms with E-state index in [9.17, 15) is 14.4 Å². The first-order valence-corrected chi connectivity index (χ1v) is 12.6. The molecule has 4 atom stereocenters. The highest BCUT2D eigenvalue weighted by molar-refractivity contribution is 9.10. The number of amides is 2. The number of carbonyl (C=O) groups is 3. The van der Waals surface area contributed by atoms with Crippen molar-refractivity contribution in [2.45, 2.75) is 12.1 Å². The second kappa shape index (κ2) is 8.33. The average Bonchev–Trinajstić information content (AvgIpc) is 3.32. The smallest absolute Gasteiger partial charge is 0.240 e. The summed E-state index contributed by atoms with van der Waals surface area (Å²) in [5, 5.41) is 0.625. The molecular formula is C27H17BrCl2N2O3. The Balaban J connectivity index is 1.50. The number of hydrogen-bond donors (Lipinski definition) is 0. The SMILES string of the molecule is O=C(c1ccc(Cl)cc1Cl)[C@H]1[C@H]2C(=O)N(c3ccc(Br)cc3)C(=O)[C@@H]2[C@@H]2c3ccccc3C=CN12. The molecule has 0 radical (unpaired) electrons. The minimum absolute atomic E-state index is 0.213. The number of imide groups is 1. The first kappa shape index (κ1) is 22.5. The summed E-state index contributed by atoms with van der Waals surface area (Å²) < 4.78 is 0.837. The fourth-order valence-corrected chi connectivity index (χ4v) is 6.32. The van der Waals surface area contributed by atoms with Gasteiger partial charge in [-0.05, 0) is 59.7 Å². The molecule has 0 unspecified atom stereocenters. The molecule has 3 aromatic rings. The maximum atomic E-state index is 13.9. The van der Waals surface area contributed by atoms with Crippen LogP contribution >= 0.6 is 39.1 Å². The molecule has 3 aromatic carbocycles. The van der Waals surface area contributed by atoms with Crippen LogP contribution in [0.3, 0.4) is 0 Å². The molecule has 3 aliphatic rings. The van der Waals surface area contributed by atoms with Gasteiger partial charge in [0, 0.05) is 21.3 Å². The maximum absolute atomic E-state index is 13.9. The molecule has 0 N–H and O–H groups in total. The number of halogens is 3. The van der Waals surface area contributed by atoms with E-state index < -0.39 is 23.9 Å². The van der Waals surface area contributed by atoms with Gasteiger partial charge < -0.3 is 4.90 Å². The number of fused-ring (bicyclic) bond motifs is 5. The van der Waals surface area contributed by atoms with Crippen molar-refractivity contribution in [2.75, 3.05) is 4.90 Å². The Bertz CT molecular complexity index is 1440. The van der Waals surface area contributed by atoms with Crippen molar-refractivity contribution in [3.05, 3.63) is 104 Å². The van der Waals surface area contributed by atoms with Gasteiger partial charge in [0.1, 0.15) is 6.04 Å². The lowest BCUT2D eigenvalue weighted by atomic mass is 9.83. The molecule has 0 aromatic heterocycles. The molecule has 5 nitrogen and oxygen atoms in total. The molecule has 0 spiro atoms. The van der Waals surface area contributed by atoms with Crippen LogP contribution in [0.25, 0.3) is 6.08 Å². The number of hydrogen-bond acceptors (Lipinski definition) is 4. The largest absolute Gasteiger partial charge is 0.358 e. The molecule has 3 heterocycles. The molecule has 2 amide bonds. The van der Waals surface area contributed by atoms with E-state index in [1.165, 1.54) is 11.0 Å². The summed E-state index contributed by atoms with van der Waals surface area (Å²) in [5.41, 5.74) is 2.64. The Labute approximate surface area is 220 Å². The van der Waals surface area contributed by atoms with E-state index in [1.54, 1.807) is 36.4 Å². The van der Waals surface area contributed by atoms with Gasteiger partial charge in [0.2, 0.25) is 11.8 Å². The lowest BCUT2D eigenvalue weighted by Crippen LogP contribution is -2.44. The van der Waals surface area contributed by atoms with Gasteiger partial charge in [0.25, 0.3) is 0 Å². The zero-order valence-electron chi connectivity index (χ0n) is 18.1. The molecule has 6 rings (SSSR count). The van der Waals surface area contributed by atoms with Crippen LogP contribution in [0, 0.1) is 11.8 Å². The number of ketones is 1. The summed E-state index contributed by atoms with van der Waals surface area (Å²) in [4.78, 5) is 44.7. The van der Waals surface area contributed by atoms with Crippen molar-refractivity contribution < 1.29 is 14.4 Å². The Morgan fingerprint density at radius 3 is 2.34 bits per heavy atom. The summed E-state index contributed by atoms with van der Waals surface area (Å²) in [6.45, 7) is 0. The Morgan fingerprint density at radius 2 is 1.60 bits per heavy atom. The zero-order chi connectivity index (χ0) is 24.4. The van der Waals surface area contributed by atoms with Crippen LogP contribution in [-0.2, 0) is 9.59 Å². The summed E-state index contributed by atoms with van der Waals surface area (Å²) >= 11 is 15.8. The van der Waals surface area contributed by atoms with E-state index in [-0.39, 0.29) is 28.2 Å². The van der Waals surface area contributed by atoms with Gasteiger partial charge >= 0.3 is 0 Å². The Morgan fingerprint density at radius 1 is 0.886 bits per heavy atom. The van der Waals surface area contributed by atoms with Crippen molar-refractivity contribution in [3.63, 3.8) is 0 Å². The first-order chi connectivity index (χ1) is 16.9.